The van der Waals surface area contributed by atoms with E-state index in [-0.39, 0.29) is 11.6 Å². The summed E-state index contributed by atoms with van der Waals surface area (Å²) in [6, 6.07) is 1.89. The van der Waals surface area contributed by atoms with Crippen molar-refractivity contribution < 1.29 is 9.32 Å². The molecule has 7 heteroatoms. The minimum Gasteiger partial charge on any atom is -0.361 e. The molecule has 2 heterocycles. The maximum absolute atomic E-state index is 12.4. The second-order valence-electron chi connectivity index (χ2n) is 6.05. The number of rotatable bonds is 4. The lowest BCUT2D eigenvalue weighted by Gasteiger charge is -2.12. The number of anilines is 1. The van der Waals surface area contributed by atoms with E-state index in [4.69, 9.17) is 4.52 Å². The van der Waals surface area contributed by atoms with E-state index >= 15 is 0 Å². The third kappa shape index (κ3) is 2.84. The summed E-state index contributed by atoms with van der Waals surface area (Å²) in [6.07, 6.45) is 0.872. The average Bonchev–Trinajstić information content (AvgIpc) is 3.04. The first kappa shape index (κ1) is 16.0. The molecule has 0 aliphatic carbocycles. The quantitative estimate of drug-likeness (QED) is 0.685. The second kappa shape index (κ2) is 5.99. The summed E-state index contributed by atoms with van der Waals surface area (Å²) in [5.74, 6) is 0.622. The van der Waals surface area contributed by atoms with Gasteiger partial charge in [-0.1, -0.05) is 5.16 Å². The van der Waals surface area contributed by atoms with Gasteiger partial charge in [0.2, 0.25) is 5.91 Å². The Labute approximate surface area is 138 Å². The van der Waals surface area contributed by atoms with Crippen molar-refractivity contribution in [1.29, 1.82) is 0 Å². The van der Waals surface area contributed by atoms with Crippen LogP contribution >= 0.6 is 0 Å². The van der Waals surface area contributed by atoms with Crippen LogP contribution in [0, 0.1) is 27.7 Å². The van der Waals surface area contributed by atoms with Gasteiger partial charge in [-0.15, -0.1) is 0 Å². The minimum absolute atomic E-state index is 0.118. The fraction of sp³-hybridized carbons (Fsp3) is 0.353. The molecule has 7 nitrogen and oxygen atoms in total. The highest BCUT2D eigenvalue weighted by molar-refractivity contribution is 6.01. The molecule has 0 bridgehead atoms. The highest BCUT2D eigenvalue weighted by Gasteiger charge is 2.15. The predicted molar refractivity (Wildman–Crippen MR) is 91.3 cm³/mol. The SMILES string of the molecule is Cc1cc2[nH]c(=O)[nH]c2c(NC(=O)CCc2c(C)noc2C)c1C. The largest absolute Gasteiger partial charge is 0.361 e. The number of aromatic amines is 2. The van der Waals surface area contributed by atoms with E-state index in [1.807, 2.05) is 33.8 Å². The van der Waals surface area contributed by atoms with E-state index < -0.39 is 0 Å². The number of hydrogen-bond acceptors (Lipinski definition) is 4. The van der Waals surface area contributed by atoms with Gasteiger partial charge >= 0.3 is 5.69 Å². The van der Waals surface area contributed by atoms with Crippen molar-refractivity contribution in [3.63, 3.8) is 0 Å². The van der Waals surface area contributed by atoms with Gasteiger partial charge < -0.3 is 19.8 Å². The zero-order valence-electron chi connectivity index (χ0n) is 14.2. The molecule has 0 atom stereocenters. The Morgan fingerprint density at radius 2 is 2.00 bits per heavy atom. The van der Waals surface area contributed by atoms with Crippen molar-refractivity contribution in [2.75, 3.05) is 5.32 Å². The van der Waals surface area contributed by atoms with Crippen LogP contribution in [-0.4, -0.2) is 21.0 Å². The van der Waals surface area contributed by atoms with Crippen LogP contribution in [0.15, 0.2) is 15.4 Å². The Morgan fingerprint density at radius 3 is 2.67 bits per heavy atom. The van der Waals surface area contributed by atoms with Gasteiger partial charge in [0.05, 0.1) is 22.4 Å². The van der Waals surface area contributed by atoms with Crippen LogP contribution < -0.4 is 11.0 Å². The average molecular weight is 328 g/mol. The molecule has 2 aromatic heterocycles. The van der Waals surface area contributed by atoms with Crippen LogP contribution in [0.1, 0.15) is 34.6 Å². The topological polar surface area (TPSA) is 104 Å². The molecule has 3 rings (SSSR count). The van der Waals surface area contributed by atoms with E-state index in [1.165, 1.54) is 0 Å². The number of hydrogen-bond donors (Lipinski definition) is 3. The van der Waals surface area contributed by atoms with E-state index in [9.17, 15) is 9.59 Å². The number of carbonyl (C=O) groups excluding carboxylic acids is 1. The number of nitrogens with zero attached hydrogens (tertiary/aromatic N) is 1. The summed E-state index contributed by atoms with van der Waals surface area (Å²) in [5, 5.41) is 6.83. The molecule has 3 aromatic rings. The van der Waals surface area contributed by atoms with Crippen LogP contribution in [-0.2, 0) is 11.2 Å². The zero-order valence-corrected chi connectivity index (χ0v) is 14.2. The van der Waals surface area contributed by atoms with Crippen LogP contribution in [0.4, 0.5) is 5.69 Å². The van der Waals surface area contributed by atoms with Crippen molar-refractivity contribution in [2.45, 2.75) is 40.5 Å². The predicted octanol–water partition coefficient (Wildman–Crippen LogP) is 2.65. The smallest absolute Gasteiger partial charge is 0.323 e. The lowest BCUT2D eigenvalue weighted by molar-refractivity contribution is -0.116. The molecule has 0 radical (unpaired) electrons. The van der Waals surface area contributed by atoms with Crippen molar-refractivity contribution >= 4 is 22.6 Å². The number of benzene rings is 1. The number of aromatic nitrogens is 3. The van der Waals surface area contributed by atoms with Crippen molar-refractivity contribution in [2.24, 2.45) is 0 Å². The van der Waals surface area contributed by atoms with E-state index in [0.717, 1.165) is 28.1 Å². The third-order valence-electron chi connectivity index (χ3n) is 4.38. The molecule has 24 heavy (non-hydrogen) atoms. The standard InChI is InChI=1S/C17H20N4O3/c1-8-7-13-16(20-17(23)18-13)15(9(8)2)19-14(22)6-5-12-10(3)21-24-11(12)4/h7H,5-6H2,1-4H3,(H,19,22)(H2,18,20,23). The second-order valence-corrected chi connectivity index (χ2v) is 6.05. The number of amides is 1. The lowest BCUT2D eigenvalue weighted by Crippen LogP contribution is -2.14. The molecule has 0 aliphatic heterocycles. The van der Waals surface area contributed by atoms with Gasteiger partial charge in [0.15, 0.2) is 0 Å². The number of imidazole rings is 1. The molecule has 1 amide bonds. The summed E-state index contributed by atoms with van der Waals surface area (Å²) in [7, 11) is 0. The third-order valence-corrected chi connectivity index (χ3v) is 4.38. The maximum atomic E-state index is 12.4. The molecule has 126 valence electrons. The van der Waals surface area contributed by atoms with Gasteiger partial charge in [0.1, 0.15) is 5.76 Å². The molecule has 0 saturated carbocycles. The van der Waals surface area contributed by atoms with Crippen LogP contribution in [0.5, 0.6) is 0 Å². The fourth-order valence-corrected chi connectivity index (χ4v) is 2.87. The summed E-state index contributed by atoms with van der Waals surface area (Å²) < 4.78 is 5.12. The van der Waals surface area contributed by atoms with Crippen molar-refractivity contribution in [3.8, 4) is 0 Å². The number of aryl methyl sites for hydroxylation is 3. The van der Waals surface area contributed by atoms with Gasteiger partial charge in [-0.2, -0.15) is 0 Å². The van der Waals surface area contributed by atoms with Gasteiger partial charge in [-0.3, -0.25) is 4.79 Å². The van der Waals surface area contributed by atoms with Gasteiger partial charge in [-0.05, 0) is 51.3 Å². The Kier molecular flexibility index (Phi) is 4.01. The van der Waals surface area contributed by atoms with Gasteiger partial charge in [-0.25, -0.2) is 4.79 Å². The molecule has 1 aromatic carbocycles. The molecular weight excluding hydrogens is 308 g/mol. The van der Waals surface area contributed by atoms with Crippen LogP contribution in [0.3, 0.4) is 0 Å². The molecule has 0 unspecified atom stereocenters. The maximum Gasteiger partial charge on any atom is 0.323 e. The van der Waals surface area contributed by atoms with Gasteiger partial charge in [0, 0.05) is 12.0 Å². The van der Waals surface area contributed by atoms with Crippen molar-refractivity contribution in [1.82, 2.24) is 15.1 Å². The molecule has 0 aliphatic rings. The Bertz CT molecular complexity index is 958. The zero-order chi connectivity index (χ0) is 17.4. The van der Waals surface area contributed by atoms with Gasteiger partial charge in [0.25, 0.3) is 0 Å². The Hall–Kier alpha value is -2.83. The molecule has 3 N–H and O–H groups in total. The normalized spacial score (nSPS) is 11.2. The van der Waals surface area contributed by atoms with E-state index in [2.05, 4.69) is 20.4 Å². The minimum atomic E-state index is -0.291. The number of H-pyrrole nitrogens is 2. The first-order chi connectivity index (χ1) is 11.4. The molecule has 0 spiro atoms. The summed E-state index contributed by atoms with van der Waals surface area (Å²) in [4.78, 5) is 29.4. The first-order valence-electron chi connectivity index (χ1n) is 7.80. The molecule has 0 fully saturated rings. The van der Waals surface area contributed by atoms with E-state index in [0.29, 0.717) is 29.6 Å². The molecule has 0 saturated heterocycles. The van der Waals surface area contributed by atoms with Crippen LogP contribution in [0.25, 0.3) is 11.0 Å². The summed E-state index contributed by atoms with van der Waals surface area (Å²) in [5.41, 5.74) is 5.36. The lowest BCUT2D eigenvalue weighted by atomic mass is 10.1. The number of fused-ring (bicyclic) bond motifs is 1. The highest BCUT2D eigenvalue weighted by atomic mass is 16.5. The number of carbonyl (C=O) groups is 1. The first-order valence-corrected chi connectivity index (χ1v) is 7.80. The van der Waals surface area contributed by atoms with E-state index in [1.54, 1.807) is 0 Å². The molecular formula is C17H20N4O3. The number of nitrogens with one attached hydrogen (secondary N) is 3. The van der Waals surface area contributed by atoms with Crippen LogP contribution in [0.2, 0.25) is 0 Å². The monoisotopic (exact) mass is 328 g/mol. The summed E-state index contributed by atoms with van der Waals surface area (Å²) >= 11 is 0. The Balaban J connectivity index is 1.83. The van der Waals surface area contributed by atoms with Crippen molar-refractivity contribution in [3.05, 3.63) is 44.7 Å². The fourth-order valence-electron chi connectivity index (χ4n) is 2.87. The summed E-state index contributed by atoms with van der Waals surface area (Å²) in [6.45, 7) is 7.57. The Morgan fingerprint density at radius 1 is 1.25 bits per heavy atom. The highest BCUT2D eigenvalue weighted by Crippen LogP contribution is 2.27.